The van der Waals surface area contributed by atoms with Crippen LogP contribution in [0.5, 0.6) is 23.0 Å². The second-order valence-electron chi connectivity index (χ2n) is 5.59. The molecule has 0 aliphatic carbocycles. The van der Waals surface area contributed by atoms with Gasteiger partial charge in [0.15, 0.2) is 17.6 Å². The molecule has 0 fully saturated rings. The normalized spacial score (nSPS) is 11.5. The minimum absolute atomic E-state index is 0.259. The summed E-state index contributed by atoms with van der Waals surface area (Å²) in [6.45, 7) is 1.95. The Labute approximate surface area is 171 Å². The van der Waals surface area contributed by atoms with Gasteiger partial charge in [-0.1, -0.05) is 11.6 Å². The molecule has 1 atom stereocenters. The van der Waals surface area contributed by atoms with Crippen LogP contribution in [0.25, 0.3) is 0 Å². The summed E-state index contributed by atoms with van der Waals surface area (Å²) in [6, 6.07) is 8.67. The molecule has 0 saturated heterocycles. The molecule has 2 aromatic carbocycles. The first kappa shape index (κ1) is 21.2. The molecule has 6 nitrogen and oxygen atoms in total. The van der Waals surface area contributed by atoms with Crippen LogP contribution in [0, 0.1) is 0 Å². The molecular formula is C19H21BrClNO5. The highest BCUT2D eigenvalue weighted by Gasteiger charge is 2.17. The number of hydrogen-bond donors (Lipinski definition) is 1. The predicted molar refractivity (Wildman–Crippen MR) is 107 cm³/mol. The van der Waals surface area contributed by atoms with E-state index >= 15 is 0 Å². The Bertz CT molecular complexity index is 790. The minimum atomic E-state index is -0.690. The van der Waals surface area contributed by atoms with Gasteiger partial charge in [-0.2, -0.15) is 0 Å². The number of carbonyl (C=O) groups is 1. The first-order valence-electron chi connectivity index (χ1n) is 8.07. The number of nitrogens with one attached hydrogen (secondary N) is 1. The van der Waals surface area contributed by atoms with Gasteiger partial charge in [-0.3, -0.25) is 4.79 Å². The predicted octanol–water partition coefficient (Wildman–Crippen LogP) is 4.21. The third-order valence-electron chi connectivity index (χ3n) is 3.76. The van der Waals surface area contributed by atoms with Crippen LogP contribution < -0.4 is 24.3 Å². The summed E-state index contributed by atoms with van der Waals surface area (Å²) in [4.78, 5) is 12.4. The Balaban J connectivity index is 2.04. The molecular weight excluding hydrogens is 438 g/mol. The molecule has 0 aliphatic heterocycles. The SMILES string of the molecule is COc1cc(CNC(=O)C(C)Oc2ccc(Cl)cc2Br)cc(OC)c1OC. The van der Waals surface area contributed by atoms with E-state index in [4.69, 9.17) is 30.5 Å². The summed E-state index contributed by atoms with van der Waals surface area (Å²) >= 11 is 9.28. The van der Waals surface area contributed by atoms with Crippen LogP contribution in [-0.2, 0) is 11.3 Å². The van der Waals surface area contributed by atoms with E-state index in [1.807, 2.05) is 0 Å². The van der Waals surface area contributed by atoms with Crippen LogP contribution in [0.2, 0.25) is 5.02 Å². The second kappa shape index (κ2) is 9.71. The Morgan fingerprint density at radius 3 is 2.22 bits per heavy atom. The van der Waals surface area contributed by atoms with Gasteiger partial charge in [0, 0.05) is 11.6 Å². The smallest absolute Gasteiger partial charge is 0.261 e. The number of ether oxygens (including phenoxy) is 4. The van der Waals surface area contributed by atoms with E-state index in [0.717, 1.165) is 5.56 Å². The summed E-state index contributed by atoms with van der Waals surface area (Å²) in [5, 5.41) is 3.41. The number of hydrogen-bond acceptors (Lipinski definition) is 5. The van der Waals surface area contributed by atoms with Gasteiger partial charge in [-0.05, 0) is 58.7 Å². The quantitative estimate of drug-likeness (QED) is 0.642. The Morgan fingerprint density at radius 1 is 1.07 bits per heavy atom. The average Bonchev–Trinajstić information content (AvgIpc) is 2.66. The van der Waals surface area contributed by atoms with Gasteiger partial charge >= 0.3 is 0 Å². The zero-order chi connectivity index (χ0) is 20.0. The van der Waals surface area contributed by atoms with Crippen molar-refractivity contribution in [3.63, 3.8) is 0 Å². The van der Waals surface area contributed by atoms with Crippen molar-refractivity contribution >= 4 is 33.4 Å². The van der Waals surface area contributed by atoms with Crippen molar-refractivity contribution in [2.75, 3.05) is 21.3 Å². The molecule has 0 aromatic heterocycles. The molecule has 1 unspecified atom stereocenters. The Kier molecular flexibility index (Phi) is 7.62. The molecule has 27 heavy (non-hydrogen) atoms. The van der Waals surface area contributed by atoms with Gasteiger partial charge < -0.3 is 24.3 Å². The van der Waals surface area contributed by atoms with E-state index in [-0.39, 0.29) is 12.5 Å². The standard InChI is InChI=1S/C19H21BrClNO5/c1-11(27-15-6-5-13(21)9-14(15)20)19(23)22-10-12-7-16(24-2)18(26-4)17(8-12)25-3/h5-9,11H,10H2,1-4H3,(H,22,23). The Morgan fingerprint density at radius 2 is 1.70 bits per heavy atom. The van der Waals surface area contributed by atoms with Crippen molar-refractivity contribution in [2.45, 2.75) is 19.6 Å². The maximum Gasteiger partial charge on any atom is 0.261 e. The molecule has 0 heterocycles. The number of rotatable bonds is 8. The number of methoxy groups -OCH3 is 3. The molecule has 146 valence electrons. The summed E-state index contributed by atoms with van der Waals surface area (Å²) < 4.78 is 22.3. The molecule has 0 aliphatic rings. The van der Waals surface area contributed by atoms with E-state index in [0.29, 0.717) is 32.5 Å². The van der Waals surface area contributed by atoms with E-state index in [1.165, 1.54) is 7.11 Å². The highest BCUT2D eigenvalue weighted by Crippen LogP contribution is 2.38. The topological polar surface area (TPSA) is 66.0 Å². The van der Waals surface area contributed by atoms with Gasteiger partial charge in [-0.25, -0.2) is 0 Å². The largest absolute Gasteiger partial charge is 0.493 e. The van der Waals surface area contributed by atoms with E-state index in [2.05, 4.69) is 21.2 Å². The first-order chi connectivity index (χ1) is 12.9. The highest BCUT2D eigenvalue weighted by atomic mass is 79.9. The first-order valence-corrected chi connectivity index (χ1v) is 9.25. The number of halogens is 2. The zero-order valence-electron chi connectivity index (χ0n) is 15.5. The van der Waals surface area contributed by atoms with Crippen molar-refractivity contribution in [3.05, 3.63) is 45.4 Å². The van der Waals surface area contributed by atoms with Crippen molar-refractivity contribution in [1.29, 1.82) is 0 Å². The van der Waals surface area contributed by atoms with Gasteiger partial charge in [-0.15, -0.1) is 0 Å². The molecule has 8 heteroatoms. The third kappa shape index (κ3) is 5.43. The van der Waals surface area contributed by atoms with Crippen molar-refractivity contribution in [1.82, 2.24) is 5.32 Å². The molecule has 1 amide bonds. The van der Waals surface area contributed by atoms with Crippen LogP contribution in [0.3, 0.4) is 0 Å². The maximum atomic E-state index is 12.4. The summed E-state index contributed by atoms with van der Waals surface area (Å²) in [6.07, 6.45) is -0.690. The van der Waals surface area contributed by atoms with Crippen molar-refractivity contribution in [3.8, 4) is 23.0 Å². The minimum Gasteiger partial charge on any atom is -0.493 e. The van der Waals surface area contributed by atoms with Crippen molar-refractivity contribution in [2.24, 2.45) is 0 Å². The lowest BCUT2D eigenvalue weighted by atomic mass is 10.1. The maximum absolute atomic E-state index is 12.4. The van der Waals surface area contributed by atoms with Crippen molar-refractivity contribution < 1.29 is 23.7 Å². The summed E-state index contributed by atoms with van der Waals surface area (Å²) in [7, 11) is 4.62. The molecule has 2 aromatic rings. The highest BCUT2D eigenvalue weighted by molar-refractivity contribution is 9.10. The third-order valence-corrected chi connectivity index (χ3v) is 4.61. The Hall–Kier alpha value is -2.12. The molecule has 0 saturated carbocycles. The molecule has 1 N–H and O–H groups in total. The molecule has 0 radical (unpaired) electrons. The van der Waals surface area contributed by atoms with E-state index in [9.17, 15) is 4.79 Å². The number of benzene rings is 2. The second-order valence-corrected chi connectivity index (χ2v) is 6.88. The summed E-state index contributed by atoms with van der Waals surface area (Å²) in [5.41, 5.74) is 0.803. The fourth-order valence-corrected chi connectivity index (χ4v) is 3.16. The molecule has 0 bridgehead atoms. The number of carbonyl (C=O) groups excluding carboxylic acids is 1. The van der Waals surface area contributed by atoms with E-state index < -0.39 is 6.10 Å². The zero-order valence-corrected chi connectivity index (χ0v) is 17.8. The lowest BCUT2D eigenvalue weighted by Crippen LogP contribution is -2.36. The van der Waals surface area contributed by atoms with Crippen LogP contribution in [0.4, 0.5) is 0 Å². The van der Waals surface area contributed by atoms with Crippen LogP contribution >= 0.6 is 27.5 Å². The fourth-order valence-electron chi connectivity index (χ4n) is 2.39. The van der Waals surface area contributed by atoms with Crippen LogP contribution in [-0.4, -0.2) is 33.3 Å². The lowest BCUT2D eigenvalue weighted by Gasteiger charge is -2.17. The molecule has 0 spiro atoms. The van der Waals surface area contributed by atoms with Crippen LogP contribution in [0.15, 0.2) is 34.8 Å². The summed E-state index contributed by atoms with van der Waals surface area (Å²) in [5.74, 6) is 1.82. The van der Waals surface area contributed by atoms with Gasteiger partial charge in [0.1, 0.15) is 5.75 Å². The van der Waals surface area contributed by atoms with E-state index in [1.54, 1.807) is 51.5 Å². The number of amides is 1. The lowest BCUT2D eigenvalue weighted by molar-refractivity contribution is -0.127. The van der Waals surface area contributed by atoms with Gasteiger partial charge in [0.2, 0.25) is 5.75 Å². The fraction of sp³-hybridized carbons (Fsp3) is 0.316. The van der Waals surface area contributed by atoms with Crippen LogP contribution in [0.1, 0.15) is 12.5 Å². The van der Waals surface area contributed by atoms with Gasteiger partial charge in [0.05, 0.1) is 25.8 Å². The molecule has 2 rings (SSSR count). The van der Waals surface area contributed by atoms with Gasteiger partial charge in [0.25, 0.3) is 5.91 Å². The average molecular weight is 459 g/mol. The monoisotopic (exact) mass is 457 g/mol.